The lowest BCUT2D eigenvalue weighted by molar-refractivity contribution is 0.669. The van der Waals surface area contributed by atoms with Crippen LogP contribution >= 0.6 is 0 Å². The van der Waals surface area contributed by atoms with Gasteiger partial charge in [0.15, 0.2) is 5.82 Å². The van der Waals surface area contributed by atoms with Crippen molar-refractivity contribution in [3.8, 4) is 67.3 Å². The topological polar surface area (TPSA) is 51.8 Å². The van der Waals surface area contributed by atoms with E-state index in [0.29, 0.717) is 5.82 Å². The van der Waals surface area contributed by atoms with Crippen molar-refractivity contribution in [2.45, 2.75) is 0 Å². The van der Waals surface area contributed by atoms with E-state index in [0.717, 1.165) is 77.8 Å². The van der Waals surface area contributed by atoms with Gasteiger partial charge in [0, 0.05) is 39.9 Å². The van der Waals surface area contributed by atoms with Gasteiger partial charge >= 0.3 is 0 Å². The Labute approximate surface area is 329 Å². The lowest BCUT2D eigenvalue weighted by atomic mass is 9.89. The van der Waals surface area contributed by atoms with Gasteiger partial charge in [0.25, 0.3) is 0 Å². The predicted octanol–water partition coefficient (Wildman–Crippen LogP) is 14.1. The fourth-order valence-electron chi connectivity index (χ4n) is 8.13. The summed E-state index contributed by atoms with van der Waals surface area (Å²) in [5, 5.41) is 7.04. The summed E-state index contributed by atoms with van der Waals surface area (Å²) >= 11 is 0. The molecule has 11 rings (SSSR count). The second-order valence-electron chi connectivity index (χ2n) is 14.4. The van der Waals surface area contributed by atoms with Gasteiger partial charge in [0.05, 0.1) is 11.4 Å². The molecule has 0 bridgehead atoms. The molecule has 0 aliphatic carbocycles. The molecule has 0 saturated carbocycles. The number of hydrogen-bond donors (Lipinski definition) is 0. The Bertz CT molecular complexity index is 3280. The molecule has 8 aromatic carbocycles. The summed E-state index contributed by atoms with van der Waals surface area (Å²) < 4.78 is 6.19. The van der Waals surface area contributed by atoms with Crippen LogP contribution in [0.15, 0.2) is 205 Å². The molecule has 0 N–H and O–H groups in total. The average molecular weight is 728 g/mol. The van der Waals surface area contributed by atoms with Crippen LogP contribution in [0.2, 0.25) is 0 Å². The summed E-state index contributed by atoms with van der Waals surface area (Å²) in [5.74, 6) is 0.671. The summed E-state index contributed by atoms with van der Waals surface area (Å²) in [4.78, 5) is 14.7. The minimum atomic E-state index is 0.671. The van der Waals surface area contributed by atoms with E-state index in [2.05, 4.69) is 145 Å². The molecule has 4 nitrogen and oxygen atoms in total. The maximum atomic E-state index is 6.19. The number of fused-ring (bicyclic) bond motifs is 6. The van der Waals surface area contributed by atoms with Gasteiger partial charge in [0.2, 0.25) is 0 Å². The van der Waals surface area contributed by atoms with E-state index in [1.165, 1.54) is 27.1 Å². The molecule has 3 heterocycles. The van der Waals surface area contributed by atoms with Crippen LogP contribution in [0.5, 0.6) is 0 Å². The number of aromatic nitrogens is 3. The normalized spacial score (nSPS) is 11.5. The first-order chi connectivity index (χ1) is 28.2. The average Bonchev–Trinajstić information content (AvgIpc) is 3.67. The van der Waals surface area contributed by atoms with E-state index in [4.69, 9.17) is 14.4 Å². The van der Waals surface area contributed by atoms with Crippen molar-refractivity contribution in [1.82, 2.24) is 15.0 Å². The highest BCUT2D eigenvalue weighted by Gasteiger charge is 2.17. The van der Waals surface area contributed by atoms with Crippen LogP contribution in [0.4, 0.5) is 0 Å². The van der Waals surface area contributed by atoms with Crippen molar-refractivity contribution in [2.75, 3.05) is 0 Å². The SMILES string of the molecule is c1ccc(-c2nc(-c3cc(-c4ccc(-c5ccncc5)cc4)cc(-c4cc5ccccc5c5ccccc45)c3)cc(-c3ccc4oc5ccccc5c4c3)n2)cc1. The largest absolute Gasteiger partial charge is 0.456 e. The molecule has 266 valence electrons. The van der Waals surface area contributed by atoms with Crippen molar-refractivity contribution < 1.29 is 4.42 Å². The first kappa shape index (κ1) is 32.7. The molecule has 3 aromatic heterocycles. The Kier molecular flexibility index (Phi) is 7.78. The van der Waals surface area contributed by atoms with Gasteiger partial charge in [-0.05, 0) is 122 Å². The molecule has 0 aliphatic heterocycles. The monoisotopic (exact) mass is 727 g/mol. The van der Waals surface area contributed by atoms with Crippen LogP contribution in [-0.4, -0.2) is 15.0 Å². The third-order valence-corrected chi connectivity index (χ3v) is 11.0. The number of benzene rings is 8. The van der Waals surface area contributed by atoms with Gasteiger partial charge in [0.1, 0.15) is 11.2 Å². The van der Waals surface area contributed by atoms with Gasteiger partial charge in [-0.2, -0.15) is 0 Å². The van der Waals surface area contributed by atoms with Gasteiger partial charge in [-0.15, -0.1) is 0 Å². The van der Waals surface area contributed by atoms with Crippen molar-refractivity contribution in [1.29, 1.82) is 0 Å². The number of nitrogens with zero attached hydrogens (tertiary/aromatic N) is 3. The molecule has 0 spiro atoms. The number of furan rings is 1. The van der Waals surface area contributed by atoms with E-state index in [1.807, 2.05) is 60.9 Å². The second kappa shape index (κ2) is 13.6. The van der Waals surface area contributed by atoms with Crippen molar-refractivity contribution in [2.24, 2.45) is 0 Å². The van der Waals surface area contributed by atoms with Gasteiger partial charge < -0.3 is 4.42 Å². The molecule has 57 heavy (non-hydrogen) atoms. The first-order valence-corrected chi connectivity index (χ1v) is 19.2. The minimum absolute atomic E-state index is 0.671. The Morgan fingerprint density at radius 3 is 1.70 bits per heavy atom. The molecule has 0 atom stereocenters. The molecule has 4 heteroatoms. The van der Waals surface area contributed by atoms with Crippen LogP contribution in [0, 0.1) is 0 Å². The first-order valence-electron chi connectivity index (χ1n) is 19.2. The molecule has 0 saturated heterocycles. The molecule has 0 amide bonds. The third-order valence-electron chi connectivity index (χ3n) is 11.0. The van der Waals surface area contributed by atoms with Crippen molar-refractivity contribution in [3.05, 3.63) is 200 Å². The zero-order valence-electron chi connectivity index (χ0n) is 30.8. The molecule has 11 aromatic rings. The number of rotatable bonds is 6. The van der Waals surface area contributed by atoms with Crippen LogP contribution in [0.25, 0.3) is 111 Å². The number of pyridine rings is 1. The Morgan fingerprint density at radius 2 is 0.895 bits per heavy atom. The maximum Gasteiger partial charge on any atom is 0.160 e. The Hall–Kier alpha value is -7.69. The highest BCUT2D eigenvalue weighted by Crippen LogP contribution is 2.40. The Morgan fingerprint density at radius 1 is 0.316 bits per heavy atom. The Balaban J connectivity index is 1.14. The summed E-state index contributed by atoms with van der Waals surface area (Å²) in [6, 6.07) is 66.4. The lowest BCUT2D eigenvalue weighted by Crippen LogP contribution is -1.97. The van der Waals surface area contributed by atoms with Crippen LogP contribution in [-0.2, 0) is 0 Å². The maximum absolute atomic E-state index is 6.19. The summed E-state index contributed by atoms with van der Waals surface area (Å²) in [6.45, 7) is 0. The van der Waals surface area contributed by atoms with Crippen molar-refractivity contribution in [3.63, 3.8) is 0 Å². The molecule has 0 aliphatic rings. The number of hydrogen-bond acceptors (Lipinski definition) is 4. The van der Waals surface area contributed by atoms with Crippen LogP contribution < -0.4 is 0 Å². The van der Waals surface area contributed by atoms with E-state index in [9.17, 15) is 0 Å². The smallest absolute Gasteiger partial charge is 0.160 e. The van der Waals surface area contributed by atoms with Gasteiger partial charge in [-0.1, -0.05) is 121 Å². The van der Waals surface area contributed by atoms with E-state index in [1.54, 1.807) is 0 Å². The summed E-state index contributed by atoms with van der Waals surface area (Å²) in [6.07, 6.45) is 3.67. The zero-order chi connectivity index (χ0) is 37.7. The third kappa shape index (κ3) is 5.92. The molecule has 0 radical (unpaired) electrons. The number of para-hydroxylation sites is 1. The van der Waals surface area contributed by atoms with Crippen LogP contribution in [0.1, 0.15) is 0 Å². The quantitative estimate of drug-likeness (QED) is 0.160. The van der Waals surface area contributed by atoms with E-state index >= 15 is 0 Å². The minimum Gasteiger partial charge on any atom is -0.456 e. The van der Waals surface area contributed by atoms with Crippen LogP contribution in [0.3, 0.4) is 0 Å². The van der Waals surface area contributed by atoms with Gasteiger partial charge in [-0.3, -0.25) is 4.98 Å². The highest BCUT2D eigenvalue weighted by atomic mass is 16.3. The molecule has 0 unspecified atom stereocenters. The standard InChI is InChI=1S/C53H33N3O/c1-2-10-37(11-3-1)53-55-49(39-22-23-52-48(32-39)46-16-8-9-17-51(46)57-52)33-50(56-53)42-29-40(35-20-18-34(19-21-35)36-24-26-54-27-25-36)28-41(30-42)47-31-38-12-4-5-13-43(38)44-14-6-7-15-45(44)47/h1-33H. The molecular weight excluding hydrogens is 695 g/mol. The fourth-order valence-corrected chi connectivity index (χ4v) is 8.13. The predicted molar refractivity (Wildman–Crippen MR) is 235 cm³/mol. The van der Waals surface area contributed by atoms with E-state index in [-0.39, 0.29) is 0 Å². The highest BCUT2D eigenvalue weighted by molar-refractivity contribution is 6.14. The van der Waals surface area contributed by atoms with Crippen molar-refractivity contribution >= 4 is 43.5 Å². The fraction of sp³-hybridized carbons (Fsp3) is 0. The van der Waals surface area contributed by atoms with E-state index < -0.39 is 0 Å². The molecule has 0 fully saturated rings. The molecular formula is C53H33N3O. The second-order valence-corrected chi connectivity index (χ2v) is 14.4. The zero-order valence-corrected chi connectivity index (χ0v) is 30.8. The summed E-state index contributed by atoms with van der Waals surface area (Å²) in [5.41, 5.74) is 13.2. The summed E-state index contributed by atoms with van der Waals surface area (Å²) in [7, 11) is 0. The lowest BCUT2D eigenvalue weighted by Gasteiger charge is -2.16. The van der Waals surface area contributed by atoms with Gasteiger partial charge in [-0.25, -0.2) is 9.97 Å².